The largest absolute Gasteiger partial charge is 0.454 e. The first-order valence-electron chi connectivity index (χ1n) is 13.2. The predicted octanol–water partition coefficient (Wildman–Crippen LogP) is 5.35. The summed E-state index contributed by atoms with van der Waals surface area (Å²) in [6.07, 6.45) is 0.753. The molecule has 1 aromatic heterocycles. The van der Waals surface area contributed by atoms with Crippen LogP contribution in [0, 0.1) is 11.8 Å². The predicted molar refractivity (Wildman–Crippen MR) is 163 cm³/mol. The zero-order valence-electron chi connectivity index (χ0n) is 23.9. The molecule has 9 nitrogen and oxygen atoms in total. The summed E-state index contributed by atoms with van der Waals surface area (Å²) in [5.41, 5.74) is 1.15. The Morgan fingerprint density at radius 2 is 1.57 bits per heavy atom. The summed E-state index contributed by atoms with van der Waals surface area (Å²) < 4.78 is 40.3. The molecule has 0 saturated carbocycles. The average Bonchev–Trinajstić information content (AvgIpc) is 3.49. The number of halogens is 1. The van der Waals surface area contributed by atoms with Gasteiger partial charge < -0.3 is 14.4 Å². The van der Waals surface area contributed by atoms with E-state index >= 15 is 0 Å². The molecule has 4 rings (SSSR count). The highest BCUT2D eigenvalue weighted by Gasteiger charge is 2.27. The van der Waals surface area contributed by atoms with Crippen molar-refractivity contribution in [2.45, 2.75) is 39.0 Å². The SMILES string of the molecule is CC(C)CN(CC(C)C)S(=O)(=O)c1ccc(C(=O)N(CCCN(C)C)c2nc3cc4c(cc3s2)OCO4)cc1.Cl. The van der Waals surface area contributed by atoms with Gasteiger partial charge in [-0.3, -0.25) is 9.69 Å². The second kappa shape index (κ2) is 13.5. The van der Waals surface area contributed by atoms with Gasteiger partial charge in [0, 0.05) is 37.3 Å². The molecule has 12 heteroatoms. The number of hydrogen-bond donors (Lipinski definition) is 0. The Morgan fingerprint density at radius 3 is 2.15 bits per heavy atom. The molecule has 0 atom stereocenters. The summed E-state index contributed by atoms with van der Waals surface area (Å²) in [6, 6.07) is 9.99. The third-order valence-corrected chi connectivity index (χ3v) is 9.10. The highest BCUT2D eigenvalue weighted by atomic mass is 35.5. The third-order valence-electron chi connectivity index (χ3n) is 6.21. The summed E-state index contributed by atoms with van der Waals surface area (Å²) >= 11 is 1.42. The number of ether oxygens (including phenoxy) is 2. The quantitative estimate of drug-likeness (QED) is 0.273. The summed E-state index contributed by atoms with van der Waals surface area (Å²) in [6.45, 7) is 10.4. The molecule has 2 heterocycles. The number of sulfonamides is 1. The lowest BCUT2D eigenvalue weighted by Gasteiger charge is -2.26. The fourth-order valence-electron chi connectivity index (χ4n) is 4.41. The monoisotopic (exact) mass is 610 g/mol. The Bertz CT molecular complexity index is 1360. The minimum Gasteiger partial charge on any atom is -0.454 e. The molecular formula is C28H39ClN4O5S2. The summed E-state index contributed by atoms with van der Waals surface area (Å²) in [5, 5.41) is 0.578. The molecule has 0 aliphatic carbocycles. The zero-order valence-corrected chi connectivity index (χ0v) is 26.4. The molecule has 1 aliphatic rings. The van der Waals surface area contributed by atoms with Crippen LogP contribution in [0.5, 0.6) is 11.5 Å². The van der Waals surface area contributed by atoms with Crippen LogP contribution in [0.1, 0.15) is 44.5 Å². The van der Waals surface area contributed by atoms with E-state index in [-0.39, 0.29) is 41.8 Å². The second-order valence-corrected chi connectivity index (χ2v) is 13.9. The van der Waals surface area contributed by atoms with E-state index in [4.69, 9.17) is 14.5 Å². The molecule has 0 radical (unpaired) electrons. The molecule has 0 bridgehead atoms. The number of aromatic nitrogens is 1. The van der Waals surface area contributed by atoms with Crippen molar-refractivity contribution in [2.75, 3.05) is 52.0 Å². The van der Waals surface area contributed by atoms with Crippen LogP contribution >= 0.6 is 23.7 Å². The van der Waals surface area contributed by atoms with Gasteiger partial charge in [-0.15, -0.1) is 12.4 Å². The van der Waals surface area contributed by atoms with Crippen LogP contribution < -0.4 is 14.4 Å². The lowest BCUT2D eigenvalue weighted by Crippen LogP contribution is -2.37. The van der Waals surface area contributed by atoms with Crippen LogP contribution in [0.25, 0.3) is 10.2 Å². The number of anilines is 1. The third kappa shape index (κ3) is 7.44. The lowest BCUT2D eigenvalue weighted by atomic mass is 10.2. The average molecular weight is 611 g/mol. The van der Waals surface area contributed by atoms with Crippen molar-refractivity contribution >= 4 is 55.0 Å². The van der Waals surface area contributed by atoms with Gasteiger partial charge in [0.15, 0.2) is 16.6 Å². The van der Waals surface area contributed by atoms with Gasteiger partial charge in [-0.2, -0.15) is 4.31 Å². The van der Waals surface area contributed by atoms with Crippen molar-refractivity contribution < 1.29 is 22.7 Å². The Kier molecular flexibility index (Phi) is 10.8. The van der Waals surface area contributed by atoms with Crippen molar-refractivity contribution in [3.63, 3.8) is 0 Å². The van der Waals surface area contributed by atoms with E-state index in [0.717, 1.165) is 23.2 Å². The fraction of sp³-hybridized carbons (Fsp3) is 0.500. The molecule has 0 spiro atoms. The highest BCUT2D eigenvalue weighted by Crippen LogP contribution is 2.40. The summed E-state index contributed by atoms with van der Waals surface area (Å²) in [4.78, 5) is 22.4. The minimum atomic E-state index is -3.68. The number of fused-ring (bicyclic) bond motifs is 2. The topological polar surface area (TPSA) is 92.3 Å². The van der Waals surface area contributed by atoms with Gasteiger partial charge in [0.05, 0.1) is 15.1 Å². The van der Waals surface area contributed by atoms with Crippen LogP contribution in [0.4, 0.5) is 5.13 Å². The maximum absolute atomic E-state index is 13.8. The van der Waals surface area contributed by atoms with Gasteiger partial charge >= 0.3 is 0 Å². The van der Waals surface area contributed by atoms with Gasteiger partial charge in [0.1, 0.15) is 0 Å². The number of carbonyl (C=O) groups is 1. The molecular weight excluding hydrogens is 572 g/mol. The number of benzene rings is 2. The highest BCUT2D eigenvalue weighted by molar-refractivity contribution is 7.89. The van der Waals surface area contributed by atoms with Gasteiger partial charge in [0.25, 0.3) is 5.91 Å². The Balaban J connectivity index is 0.00000441. The Morgan fingerprint density at radius 1 is 0.975 bits per heavy atom. The standard InChI is InChI=1S/C28H38N4O5S2.ClH/c1-19(2)16-31(17-20(3)4)39(34,35)22-10-8-21(9-11-22)27(33)32(13-7-12-30(5)6)28-29-23-14-24-25(37-18-36-24)15-26(23)38-28;/h8-11,14-15,19-20H,7,12-13,16-18H2,1-6H3;1H. The van der Waals surface area contributed by atoms with E-state index in [0.29, 0.717) is 41.8 Å². The van der Waals surface area contributed by atoms with E-state index < -0.39 is 10.0 Å². The van der Waals surface area contributed by atoms with E-state index in [2.05, 4.69) is 4.90 Å². The number of thiazole rings is 1. The summed E-state index contributed by atoms with van der Waals surface area (Å²) in [7, 11) is 0.302. The summed E-state index contributed by atoms with van der Waals surface area (Å²) in [5.74, 6) is 1.49. The first-order chi connectivity index (χ1) is 18.5. The van der Waals surface area contributed by atoms with Crippen molar-refractivity contribution in [2.24, 2.45) is 11.8 Å². The van der Waals surface area contributed by atoms with Gasteiger partial charge in [-0.1, -0.05) is 39.0 Å². The molecule has 0 saturated heterocycles. The number of hydrogen-bond acceptors (Lipinski definition) is 8. The molecule has 40 heavy (non-hydrogen) atoms. The molecule has 0 fully saturated rings. The Labute approximate surface area is 247 Å². The van der Waals surface area contributed by atoms with Crippen molar-refractivity contribution in [3.05, 3.63) is 42.0 Å². The smallest absolute Gasteiger partial charge is 0.260 e. The molecule has 0 N–H and O–H groups in total. The number of nitrogens with zero attached hydrogens (tertiary/aromatic N) is 4. The minimum absolute atomic E-state index is 0. The number of amides is 1. The Hall–Kier alpha value is -2.44. The van der Waals surface area contributed by atoms with Crippen molar-refractivity contribution in [3.8, 4) is 11.5 Å². The lowest BCUT2D eigenvalue weighted by molar-refractivity contribution is 0.0986. The first-order valence-corrected chi connectivity index (χ1v) is 15.5. The maximum Gasteiger partial charge on any atom is 0.260 e. The first kappa shape index (κ1) is 32.1. The number of rotatable bonds is 12. The van der Waals surface area contributed by atoms with E-state index in [1.165, 1.54) is 23.5 Å². The molecule has 1 amide bonds. The van der Waals surface area contributed by atoms with Gasteiger partial charge in [0.2, 0.25) is 16.8 Å². The molecule has 3 aromatic rings. The van der Waals surface area contributed by atoms with Crippen molar-refractivity contribution in [1.29, 1.82) is 0 Å². The van der Waals surface area contributed by atoms with Gasteiger partial charge in [-0.25, -0.2) is 13.4 Å². The van der Waals surface area contributed by atoms with E-state index in [1.807, 2.05) is 53.9 Å². The number of carbonyl (C=O) groups excluding carboxylic acids is 1. The van der Waals surface area contributed by atoms with Crippen LogP contribution in [0.15, 0.2) is 41.3 Å². The van der Waals surface area contributed by atoms with Crippen LogP contribution in [-0.4, -0.2) is 75.6 Å². The molecule has 220 valence electrons. The van der Waals surface area contributed by atoms with Crippen LogP contribution in [0.2, 0.25) is 0 Å². The van der Waals surface area contributed by atoms with E-state index in [9.17, 15) is 13.2 Å². The zero-order chi connectivity index (χ0) is 28.3. The normalized spacial score (nSPS) is 13.1. The van der Waals surface area contributed by atoms with Gasteiger partial charge in [-0.05, 0) is 63.2 Å². The van der Waals surface area contributed by atoms with Crippen LogP contribution in [0.3, 0.4) is 0 Å². The van der Waals surface area contributed by atoms with Crippen LogP contribution in [-0.2, 0) is 10.0 Å². The fourth-order valence-corrected chi connectivity index (χ4v) is 7.18. The van der Waals surface area contributed by atoms with Crippen molar-refractivity contribution in [1.82, 2.24) is 14.2 Å². The molecule has 2 aromatic carbocycles. The molecule has 0 unspecified atom stereocenters. The second-order valence-electron chi connectivity index (χ2n) is 10.9. The molecule has 1 aliphatic heterocycles. The maximum atomic E-state index is 13.8. The van der Waals surface area contributed by atoms with E-state index in [1.54, 1.807) is 21.3 Å².